The molecule has 14 nitrogen and oxygen atoms in total. The highest BCUT2D eigenvalue weighted by atomic mass is 127. The minimum absolute atomic E-state index is 0.0162. The lowest BCUT2D eigenvalue weighted by Crippen LogP contribution is -2.44. The maximum absolute atomic E-state index is 13.0. The zero-order valence-corrected chi connectivity index (χ0v) is 37.0. The first-order chi connectivity index (χ1) is 25.9. The molecule has 3 N–H and O–H groups in total. The van der Waals surface area contributed by atoms with E-state index in [-0.39, 0.29) is 23.3 Å². The molecule has 8 rings (SSSR count). The topological polar surface area (TPSA) is 143 Å². The SMILES string of the molecule is CC(C)(C)OC(=O)NC12CC1CN(c1cc(I)cc(N3CCOCC3)n1)C2.CC(C)(C)OC(=O)NC12CNCC1C2.Fc1cc(I)cc(N2CCOCC2)n1. The number of nitrogens with zero attached hydrogens (tertiary/aromatic N) is 5. The van der Waals surface area contributed by atoms with E-state index in [2.05, 4.69) is 88.0 Å². The third-order valence-electron chi connectivity index (χ3n) is 10.2. The lowest BCUT2D eigenvalue weighted by Gasteiger charge is -2.30. The Morgan fingerprint density at radius 1 is 0.764 bits per heavy atom. The molecular weight excluding hydrogens is 937 g/mol. The fourth-order valence-electron chi connectivity index (χ4n) is 7.39. The highest BCUT2D eigenvalue weighted by molar-refractivity contribution is 14.1. The van der Waals surface area contributed by atoms with Gasteiger partial charge in [0.2, 0.25) is 5.95 Å². The number of piperidine rings is 2. The fourth-order valence-corrected chi connectivity index (χ4v) is 8.48. The van der Waals surface area contributed by atoms with Crippen LogP contribution in [-0.2, 0) is 18.9 Å². The Labute approximate surface area is 351 Å². The molecule has 2 aromatic heterocycles. The van der Waals surface area contributed by atoms with Crippen LogP contribution in [0, 0.1) is 24.9 Å². The van der Waals surface area contributed by atoms with Gasteiger partial charge >= 0.3 is 12.2 Å². The smallest absolute Gasteiger partial charge is 0.408 e. The summed E-state index contributed by atoms with van der Waals surface area (Å²) in [6, 6.07) is 7.55. The number of morpholine rings is 2. The highest BCUT2D eigenvalue weighted by Gasteiger charge is 2.62. The molecule has 0 spiro atoms. The van der Waals surface area contributed by atoms with Crippen LogP contribution in [0.1, 0.15) is 54.4 Å². The lowest BCUT2D eigenvalue weighted by molar-refractivity contribution is 0.0485. The monoisotopic (exact) mass is 992 g/mol. The van der Waals surface area contributed by atoms with Gasteiger partial charge in [0, 0.05) is 71.5 Å². The van der Waals surface area contributed by atoms with Crippen molar-refractivity contribution in [3.05, 3.63) is 37.4 Å². The van der Waals surface area contributed by atoms with Crippen LogP contribution >= 0.6 is 45.2 Å². The van der Waals surface area contributed by atoms with Crippen molar-refractivity contribution in [3.8, 4) is 0 Å². The van der Waals surface area contributed by atoms with Crippen molar-refractivity contribution < 1.29 is 32.9 Å². The molecule has 17 heteroatoms. The second kappa shape index (κ2) is 17.2. The molecule has 55 heavy (non-hydrogen) atoms. The van der Waals surface area contributed by atoms with Crippen molar-refractivity contribution in [1.29, 1.82) is 0 Å². The zero-order valence-electron chi connectivity index (χ0n) is 32.7. The maximum atomic E-state index is 13.0. The number of carbonyl (C=O) groups excluding carboxylic acids is 2. The van der Waals surface area contributed by atoms with E-state index in [1.54, 1.807) is 0 Å². The molecule has 0 bridgehead atoms. The summed E-state index contributed by atoms with van der Waals surface area (Å²) in [4.78, 5) is 39.1. The molecule has 0 radical (unpaired) electrons. The summed E-state index contributed by atoms with van der Waals surface area (Å²) in [5.41, 5.74) is -1.03. The first-order valence-corrected chi connectivity index (χ1v) is 21.2. The first-order valence-electron chi connectivity index (χ1n) is 19.1. The molecule has 6 aliphatic rings. The lowest BCUT2D eigenvalue weighted by atomic mass is 10.2. The van der Waals surface area contributed by atoms with E-state index in [1.807, 2.05) is 52.5 Å². The molecule has 4 saturated heterocycles. The number of hydrogen-bond acceptors (Lipinski definition) is 12. The predicted molar refractivity (Wildman–Crippen MR) is 225 cm³/mol. The number of amides is 2. The Morgan fingerprint density at radius 3 is 1.71 bits per heavy atom. The molecule has 2 aromatic rings. The predicted octanol–water partition coefficient (Wildman–Crippen LogP) is 5.16. The van der Waals surface area contributed by atoms with Crippen LogP contribution in [0.15, 0.2) is 24.3 Å². The number of nitrogens with one attached hydrogen (secondary N) is 3. The average Bonchev–Trinajstić information content (AvgIpc) is 3.85. The molecule has 4 unspecified atom stereocenters. The second-order valence-electron chi connectivity index (χ2n) is 17.0. The Morgan fingerprint density at radius 2 is 1.24 bits per heavy atom. The van der Waals surface area contributed by atoms with Gasteiger partial charge in [-0.05, 0) is 124 Å². The van der Waals surface area contributed by atoms with Gasteiger partial charge in [-0.1, -0.05) is 0 Å². The van der Waals surface area contributed by atoms with Gasteiger partial charge in [-0.25, -0.2) is 19.6 Å². The third-order valence-corrected chi connectivity index (χ3v) is 11.5. The molecule has 6 heterocycles. The standard InChI is InChI=1S/C19H27IN4O3.C10H18N2O2.C9H10FIN2O/c1-18(2,3)27-17(25)22-19-10-13(19)11-24(12-19)16-9-14(20)8-15(21-16)23-4-6-26-7-5-23;1-9(2,3)14-8(13)12-10-4-7(10)5-11-6-10;10-8-5-7(11)6-9(12-8)13-1-3-14-4-2-13/h8-9,13H,4-7,10-12H2,1-3H3,(H,22,25);7,11H,4-6H2,1-3H3,(H,12,13);5-6H,1-4H2. The van der Waals surface area contributed by atoms with Crippen LogP contribution < -0.4 is 30.7 Å². The second-order valence-corrected chi connectivity index (χ2v) is 19.5. The Kier molecular flexibility index (Phi) is 13.1. The molecule has 2 amide bonds. The van der Waals surface area contributed by atoms with Gasteiger partial charge in [0.25, 0.3) is 0 Å². The van der Waals surface area contributed by atoms with Crippen LogP contribution in [0.4, 0.5) is 31.4 Å². The van der Waals surface area contributed by atoms with Gasteiger partial charge in [0.1, 0.15) is 28.7 Å². The summed E-state index contributed by atoms with van der Waals surface area (Å²) in [5.74, 6) is 3.37. The van der Waals surface area contributed by atoms with E-state index in [1.165, 1.54) is 9.64 Å². The number of rotatable bonds is 5. The zero-order chi connectivity index (χ0) is 39.6. The normalized spacial score (nSPS) is 26.7. The van der Waals surface area contributed by atoms with Crippen LogP contribution in [0.2, 0.25) is 0 Å². The van der Waals surface area contributed by atoms with E-state index >= 15 is 0 Å². The Bertz CT molecular complexity index is 1660. The van der Waals surface area contributed by atoms with E-state index in [9.17, 15) is 14.0 Å². The summed E-state index contributed by atoms with van der Waals surface area (Å²) in [6.07, 6.45) is 1.50. The van der Waals surface area contributed by atoms with Gasteiger partial charge < -0.3 is 49.6 Å². The molecule has 4 aliphatic heterocycles. The summed E-state index contributed by atoms with van der Waals surface area (Å²) < 4.78 is 36.4. The summed E-state index contributed by atoms with van der Waals surface area (Å²) in [6.45, 7) is 21.1. The molecule has 0 aromatic carbocycles. The van der Waals surface area contributed by atoms with Gasteiger partial charge in [-0.2, -0.15) is 4.39 Å². The van der Waals surface area contributed by atoms with E-state index < -0.39 is 17.1 Å². The Hall–Kier alpha value is -2.49. The van der Waals surface area contributed by atoms with Gasteiger partial charge in [-0.3, -0.25) is 0 Å². The average molecular weight is 993 g/mol. The minimum atomic E-state index is -0.479. The maximum Gasteiger partial charge on any atom is 0.408 e. The van der Waals surface area contributed by atoms with E-state index in [4.69, 9.17) is 23.9 Å². The first kappa shape index (κ1) is 42.1. The van der Waals surface area contributed by atoms with Crippen molar-refractivity contribution in [2.45, 2.75) is 76.7 Å². The number of alkyl carbamates (subject to hydrolysis) is 2. The Balaban J connectivity index is 0.000000155. The molecule has 6 fully saturated rings. The summed E-state index contributed by atoms with van der Waals surface area (Å²) >= 11 is 4.44. The van der Waals surface area contributed by atoms with Crippen LogP contribution in [-0.4, -0.2) is 123 Å². The quantitative estimate of drug-likeness (QED) is 0.269. The number of ether oxygens (including phenoxy) is 4. The van der Waals surface area contributed by atoms with E-state index in [0.29, 0.717) is 30.9 Å². The largest absolute Gasteiger partial charge is 0.444 e. The molecule has 304 valence electrons. The number of anilines is 3. The minimum Gasteiger partial charge on any atom is -0.444 e. The van der Waals surface area contributed by atoms with Crippen LogP contribution in [0.5, 0.6) is 0 Å². The van der Waals surface area contributed by atoms with Crippen molar-refractivity contribution in [1.82, 2.24) is 25.9 Å². The molecular formula is C38H55FI2N8O6. The van der Waals surface area contributed by atoms with Gasteiger partial charge in [0.05, 0.1) is 37.5 Å². The number of fused-ring (bicyclic) bond motifs is 2. The number of aromatic nitrogens is 2. The van der Waals surface area contributed by atoms with Gasteiger partial charge in [-0.15, -0.1) is 0 Å². The molecule has 4 atom stereocenters. The highest BCUT2D eigenvalue weighted by Crippen LogP contribution is 2.50. The summed E-state index contributed by atoms with van der Waals surface area (Å²) in [7, 11) is 0. The third kappa shape index (κ3) is 11.8. The molecule has 2 saturated carbocycles. The number of carbonyl (C=O) groups is 2. The van der Waals surface area contributed by atoms with E-state index in [0.717, 1.165) is 93.6 Å². The van der Waals surface area contributed by atoms with Crippen LogP contribution in [0.25, 0.3) is 0 Å². The van der Waals surface area contributed by atoms with Crippen molar-refractivity contribution >= 4 is 74.8 Å². The van der Waals surface area contributed by atoms with Crippen molar-refractivity contribution in [2.24, 2.45) is 11.8 Å². The van der Waals surface area contributed by atoms with Crippen LogP contribution in [0.3, 0.4) is 0 Å². The van der Waals surface area contributed by atoms with Crippen molar-refractivity contribution in [2.75, 3.05) is 93.5 Å². The van der Waals surface area contributed by atoms with Gasteiger partial charge in [0.15, 0.2) is 0 Å². The fraction of sp³-hybridized carbons (Fsp3) is 0.684. The number of hydrogen-bond donors (Lipinski definition) is 3. The number of halogens is 3. The summed E-state index contributed by atoms with van der Waals surface area (Å²) in [5, 5.41) is 9.34. The van der Waals surface area contributed by atoms with Crippen molar-refractivity contribution in [3.63, 3.8) is 0 Å². The molecule has 2 aliphatic carbocycles. The number of pyridine rings is 2.